The Hall–Kier alpha value is -0.910. The third-order valence-electron chi connectivity index (χ3n) is 1.89. The Kier molecular flexibility index (Phi) is 3.02. The molecule has 1 rings (SSSR count). The van der Waals surface area contributed by atoms with Gasteiger partial charge in [0.05, 0.1) is 12.5 Å². The predicted octanol–water partition coefficient (Wildman–Crippen LogP) is 0.601. The number of carbonyl (C=O) groups excluding carboxylic acids is 1. The van der Waals surface area contributed by atoms with Gasteiger partial charge in [-0.05, 0) is 6.92 Å². The van der Waals surface area contributed by atoms with Crippen LogP contribution in [-0.2, 0) is 9.53 Å². The SMILES string of the molecule is COC(=O)N1C(C)SCC1C(=O)O. The first-order valence-electron chi connectivity index (χ1n) is 3.78. The topological polar surface area (TPSA) is 66.8 Å². The molecular weight excluding hydrogens is 194 g/mol. The predicted molar refractivity (Wildman–Crippen MR) is 47.6 cm³/mol. The molecule has 2 atom stereocenters. The van der Waals surface area contributed by atoms with Gasteiger partial charge < -0.3 is 9.84 Å². The summed E-state index contributed by atoms with van der Waals surface area (Å²) in [7, 11) is 1.25. The minimum atomic E-state index is -0.984. The van der Waals surface area contributed by atoms with Gasteiger partial charge >= 0.3 is 12.1 Å². The van der Waals surface area contributed by atoms with E-state index in [0.29, 0.717) is 5.75 Å². The monoisotopic (exact) mass is 205 g/mol. The standard InChI is InChI=1S/C7H11NO4S/c1-4-8(7(11)12-2)5(3-13-4)6(9)10/h4-5H,3H2,1-2H3,(H,9,10). The van der Waals surface area contributed by atoms with Gasteiger partial charge in [-0.1, -0.05) is 0 Å². The second-order valence-corrected chi connectivity index (χ2v) is 4.01. The zero-order valence-corrected chi connectivity index (χ0v) is 8.21. The van der Waals surface area contributed by atoms with Gasteiger partial charge in [0.1, 0.15) is 6.04 Å². The van der Waals surface area contributed by atoms with Crippen molar-refractivity contribution in [1.82, 2.24) is 4.90 Å². The second-order valence-electron chi connectivity index (χ2n) is 2.66. The van der Waals surface area contributed by atoms with Crippen LogP contribution in [0.1, 0.15) is 6.92 Å². The lowest BCUT2D eigenvalue weighted by Gasteiger charge is -2.22. The molecule has 0 aromatic rings. The van der Waals surface area contributed by atoms with Crippen molar-refractivity contribution in [3.63, 3.8) is 0 Å². The van der Waals surface area contributed by atoms with Crippen LogP contribution in [0.3, 0.4) is 0 Å². The van der Waals surface area contributed by atoms with Crippen molar-refractivity contribution in [3.05, 3.63) is 0 Å². The fourth-order valence-electron chi connectivity index (χ4n) is 1.22. The van der Waals surface area contributed by atoms with Crippen LogP contribution in [0, 0.1) is 0 Å². The Bertz CT molecular complexity index is 233. The summed E-state index contributed by atoms with van der Waals surface area (Å²) >= 11 is 1.43. The number of rotatable bonds is 1. The van der Waals surface area contributed by atoms with Gasteiger partial charge in [0.15, 0.2) is 0 Å². The molecule has 5 nitrogen and oxygen atoms in total. The average molecular weight is 205 g/mol. The summed E-state index contributed by atoms with van der Waals surface area (Å²) < 4.78 is 4.50. The number of nitrogens with zero attached hydrogens (tertiary/aromatic N) is 1. The Morgan fingerprint density at radius 1 is 1.62 bits per heavy atom. The molecule has 0 radical (unpaired) electrons. The quantitative estimate of drug-likeness (QED) is 0.679. The smallest absolute Gasteiger partial charge is 0.411 e. The summed E-state index contributed by atoms with van der Waals surface area (Å²) in [6.07, 6.45) is -0.579. The first kappa shape index (κ1) is 10.2. The molecule has 1 amide bonds. The van der Waals surface area contributed by atoms with Gasteiger partial charge in [0.2, 0.25) is 0 Å². The molecule has 1 N–H and O–H groups in total. The lowest BCUT2D eigenvalue weighted by molar-refractivity contribution is -0.141. The Labute approximate surface area is 80.0 Å². The number of ether oxygens (including phenoxy) is 1. The summed E-state index contributed by atoms with van der Waals surface area (Å²) in [4.78, 5) is 23.1. The van der Waals surface area contributed by atoms with Gasteiger partial charge in [-0.2, -0.15) is 0 Å². The molecule has 1 aliphatic heterocycles. The van der Waals surface area contributed by atoms with Crippen LogP contribution in [0.15, 0.2) is 0 Å². The van der Waals surface area contributed by atoms with Crippen molar-refractivity contribution in [2.75, 3.05) is 12.9 Å². The first-order valence-corrected chi connectivity index (χ1v) is 4.83. The molecule has 0 saturated carbocycles. The molecule has 0 aromatic heterocycles. The van der Waals surface area contributed by atoms with E-state index in [1.807, 2.05) is 0 Å². The highest BCUT2D eigenvalue weighted by molar-refractivity contribution is 8.00. The molecule has 1 fully saturated rings. The van der Waals surface area contributed by atoms with E-state index in [0.717, 1.165) is 0 Å². The van der Waals surface area contributed by atoms with Gasteiger partial charge in [0, 0.05) is 5.75 Å². The summed E-state index contributed by atoms with van der Waals surface area (Å²) in [5.74, 6) is -0.562. The normalized spacial score (nSPS) is 27.4. The molecule has 2 unspecified atom stereocenters. The van der Waals surface area contributed by atoms with E-state index in [1.54, 1.807) is 6.92 Å². The van der Waals surface area contributed by atoms with Crippen molar-refractivity contribution in [3.8, 4) is 0 Å². The van der Waals surface area contributed by atoms with Crippen LogP contribution < -0.4 is 0 Å². The van der Waals surface area contributed by atoms with Crippen LogP contribution in [-0.4, -0.2) is 46.3 Å². The van der Waals surface area contributed by atoms with Crippen LogP contribution in [0.4, 0.5) is 4.79 Å². The van der Waals surface area contributed by atoms with Gasteiger partial charge in [0.25, 0.3) is 0 Å². The second kappa shape index (κ2) is 3.87. The highest BCUT2D eigenvalue weighted by Crippen LogP contribution is 2.29. The molecule has 0 bridgehead atoms. The highest BCUT2D eigenvalue weighted by atomic mass is 32.2. The fourth-order valence-corrected chi connectivity index (χ4v) is 2.37. The number of methoxy groups -OCH3 is 1. The van der Waals surface area contributed by atoms with Crippen molar-refractivity contribution in [1.29, 1.82) is 0 Å². The largest absolute Gasteiger partial charge is 0.480 e. The number of hydrogen-bond donors (Lipinski definition) is 1. The lowest BCUT2D eigenvalue weighted by atomic mass is 10.3. The number of carboxylic acids is 1. The van der Waals surface area contributed by atoms with Crippen LogP contribution in [0.2, 0.25) is 0 Å². The highest BCUT2D eigenvalue weighted by Gasteiger charge is 2.40. The van der Waals surface area contributed by atoms with Crippen molar-refractivity contribution >= 4 is 23.8 Å². The van der Waals surface area contributed by atoms with E-state index in [2.05, 4.69) is 4.74 Å². The van der Waals surface area contributed by atoms with Crippen LogP contribution in [0.5, 0.6) is 0 Å². The van der Waals surface area contributed by atoms with Crippen LogP contribution >= 0.6 is 11.8 Å². The van der Waals surface area contributed by atoms with E-state index in [4.69, 9.17) is 5.11 Å². The molecule has 1 aliphatic rings. The van der Waals surface area contributed by atoms with Crippen molar-refractivity contribution in [2.24, 2.45) is 0 Å². The molecule has 1 heterocycles. The Morgan fingerprint density at radius 3 is 2.69 bits per heavy atom. The molecule has 6 heteroatoms. The van der Waals surface area contributed by atoms with Crippen molar-refractivity contribution < 1.29 is 19.4 Å². The number of carbonyl (C=O) groups is 2. The fraction of sp³-hybridized carbons (Fsp3) is 0.714. The third-order valence-corrected chi connectivity index (χ3v) is 3.11. The average Bonchev–Trinajstić information content (AvgIpc) is 2.46. The molecule has 0 aromatic carbocycles. The van der Waals surface area contributed by atoms with E-state index in [1.165, 1.54) is 23.8 Å². The number of amides is 1. The van der Waals surface area contributed by atoms with E-state index in [-0.39, 0.29) is 5.37 Å². The summed E-state index contributed by atoms with van der Waals surface area (Å²) in [5.41, 5.74) is 0. The summed E-state index contributed by atoms with van der Waals surface area (Å²) in [6.45, 7) is 1.78. The van der Waals surface area contributed by atoms with Gasteiger partial charge in [-0.3, -0.25) is 4.90 Å². The Balaban J connectivity index is 2.76. The summed E-state index contributed by atoms with van der Waals surface area (Å²) in [5, 5.41) is 8.65. The molecule has 0 spiro atoms. The molecule has 0 aliphatic carbocycles. The first-order chi connectivity index (χ1) is 6.07. The molecular formula is C7H11NO4S. The molecule has 1 saturated heterocycles. The summed E-state index contributed by atoms with van der Waals surface area (Å²) in [6, 6.07) is -0.757. The number of hydrogen-bond acceptors (Lipinski definition) is 4. The maximum absolute atomic E-state index is 11.2. The molecule has 74 valence electrons. The van der Waals surface area contributed by atoms with Crippen LogP contribution in [0.25, 0.3) is 0 Å². The molecule has 13 heavy (non-hydrogen) atoms. The van der Waals surface area contributed by atoms with Gasteiger partial charge in [-0.15, -0.1) is 11.8 Å². The third kappa shape index (κ3) is 1.88. The van der Waals surface area contributed by atoms with E-state index in [9.17, 15) is 9.59 Å². The Morgan fingerprint density at radius 2 is 2.23 bits per heavy atom. The number of thioether (sulfide) groups is 1. The maximum atomic E-state index is 11.2. The van der Waals surface area contributed by atoms with Gasteiger partial charge in [-0.25, -0.2) is 9.59 Å². The van der Waals surface area contributed by atoms with E-state index >= 15 is 0 Å². The zero-order chi connectivity index (χ0) is 10.0. The van der Waals surface area contributed by atoms with E-state index < -0.39 is 18.1 Å². The maximum Gasteiger partial charge on any atom is 0.411 e. The number of carboxylic acid groups (broad SMARTS) is 1. The van der Waals surface area contributed by atoms with Crippen molar-refractivity contribution in [2.45, 2.75) is 18.3 Å². The minimum Gasteiger partial charge on any atom is -0.480 e. The zero-order valence-electron chi connectivity index (χ0n) is 7.39. The number of aliphatic carboxylic acids is 1. The minimum absolute atomic E-state index is 0.131. The lowest BCUT2D eigenvalue weighted by Crippen LogP contribution is -2.44.